The Kier molecular flexibility index (Phi) is 5.70. The standard InChI is InChI=1S/C20H24N4O2S/c1-6-24-18(16-8-7-9-26-16)22-23-20(24)27-15(5)19(25)21-17-13(3)10-12(2)11-14(17)4/h7-11,15H,6H2,1-5H3,(H,21,25). The van der Waals surface area contributed by atoms with Gasteiger partial charge in [-0.3, -0.25) is 9.36 Å². The van der Waals surface area contributed by atoms with Crippen LogP contribution in [0.15, 0.2) is 40.1 Å². The third-order valence-electron chi connectivity index (χ3n) is 4.35. The average Bonchev–Trinajstić information content (AvgIpc) is 3.26. The number of furan rings is 1. The summed E-state index contributed by atoms with van der Waals surface area (Å²) >= 11 is 1.39. The zero-order valence-electron chi connectivity index (χ0n) is 16.2. The lowest BCUT2D eigenvalue weighted by Gasteiger charge is -2.16. The van der Waals surface area contributed by atoms with E-state index in [-0.39, 0.29) is 11.2 Å². The van der Waals surface area contributed by atoms with Crippen molar-refractivity contribution >= 4 is 23.4 Å². The monoisotopic (exact) mass is 384 g/mol. The van der Waals surface area contributed by atoms with E-state index >= 15 is 0 Å². The van der Waals surface area contributed by atoms with Crippen LogP contribution in [0.25, 0.3) is 11.6 Å². The van der Waals surface area contributed by atoms with Crippen LogP contribution in [0.4, 0.5) is 5.69 Å². The Hall–Kier alpha value is -2.54. The lowest BCUT2D eigenvalue weighted by Crippen LogP contribution is -2.24. The molecule has 1 amide bonds. The van der Waals surface area contributed by atoms with Crippen LogP contribution in [0, 0.1) is 20.8 Å². The van der Waals surface area contributed by atoms with Crippen molar-refractivity contribution in [2.45, 2.75) is 51.6 Å². The fourth-order valence-corrected chi connectivity index (χ4v) is 3.98. The molecule has 0 aliphatic carbocycles. The number of anilines is 1. The first-order valence-corrected chi connectivity index (χ1v) is 9.81. The molecule has 142 valence electrons. The molecule has 3 aromatic rings. The molecule has 2 aromatic heterocycles. The molecule has 2 heterocycles. The molecule has 0 aliphatic heterocycles. The zero-order chi connectivity index (χ0) is 19.6. The van der Waals surface area contributed by atoms with Crippen molar-refractivity contribution in [2.24, 2.45) is 0 Å². The van der Waals surface area contributed by atoms with Gasteiger partial charge in [0.15, 0.2) is 16.7 Å². The molecule has 0 bridgehead atoms. The molecule has 0 fully saturated rings. The van der Waals surface area contributed by atoms with Crippen molar-refractivity contribution in [3.05, 3.63) is 47.2 Å². The van der Waals surface area contributed by atoms with Crippen LogP contribution in [0.5, 0.6) is 0 Å². The Morgan fingerprint density at radius 2 is 1.96 bits per heavy atom. The summed E-state index contributed by atoms with van der Waals surface area (Å²) in [5.41, 5.74) is 4.20. The first kappa shape index (κ1) is 19.2. The molecule has 7 heteroatoms. The average molecular weight is 385 g/mol. The van der Waals surface area contributed by atoms with Gasteiger partial charge in [0.25, 0.3) is 0 Å². The summed E-state index contributed by atoms with van der Waals surface area (Å²) in [4.78, 5) is 12.7. The number of amides is 1. The first-order chi connectivity index (χ1) is 12.9. The van der Waals surface area contributed by atoms with E-state index in [1.807, 2.05) is 44.4 Å². The third kappa shape index (κ3) is 4.08. The van der Waals surface area contributed by atoms with Gasteiger partial charge < -0.3 is 9.73 Å². The first-order valence-electron chi connectivity index (χ1n) is 8.93. The lowest BCUT2D eigenvalue weighted by molar-refractivity contribution is -0.115. The Labute approximate surface area is 163 Å². The highest BCUT2D eigenvalue weighted by atomic mass is 32.2. The molecule has 6 nitrogen and oxygen atoms in total. The van der Waals surface area contributed by atoms with Crippen LogP contribution < -0.4 is 5.32 Å². The number of hydrogen-bond donors (Lipinski definition) is 1. The summed E-state index contributed by atoms with van der Waals surface area (Å²) in [6.45, 7) is 10.7. The predicted molar refractivity (Wildman–Crippen MR) is 108 cm³/mol. The van der Waals surface area contributed by atoms with Gasteiger partial charge in [0.05, 0.1) is 11.5 Å². The van der Waals surface area contributed by atoms with Crippen molar-refractivity contribution in [1.29, 1.82) is 0 Å². The number of thioether (sulfide) groups is 1. The van der Waals surface area contributed by atoms with Crippen molar-refractivity contribution in [1.82, 2.24) is 14.8 Å². The van der Waals surface area contributed by atoms with E-state index in [2.05, 4.69) is 34.6 Å². The summed E-state index contributed by atoms with van der Waals surface area (Å²) in [7, 11) is 0. The smallest absolute Gasteiger partial charge is 0.237 e. The largest absolute Gasteiger partial charge is 0.461 e. The second-order valence-corrected chi connectivity index (χ2v) is 7.86. The molecular formula is C20H24N4O2S. The molecule has 0 saturated carbocycles. The molecule has 1 unspecified atom stereocenters. The summed E-state index contributed by atoms with van der Waals surface area (Å²) < 4.78 is 7.38. The number of carbonyl (C=O) groups excluding carboxylic acids is 1. The molecule has 0 spiro atoms. The van der Waals surface area contributed by atoms with E-state index in [1.54, 1.807) is 6.26 Å². The summed E-state index contributed by atoms with van der Waals surface area (Å²) in [5.74, 6) is 1.28. The number of rotatable bonds is 6. The van der Waals surface area contributed by atoms with E-state index in [0.29, 0.717) is 23.3 Å². The zero-order valence-corrected chi connectivity index (χ0v) is 17.1. The number of nitrogens with zero attached hydrogens (tertiary/aromatic N) is 3. The molecule has 0 radical (unpaired) electrons. The maximum atomic E-state index is 12.7. The fraction of sp³-hybridized carbons (Fsp3) is 0.350. The van der Waals surface area contributed by atoms with E-state index in [1.165, 1.54) is 17.3 Å². The van der Waals surface area contributed by atoms with Crippen molar-refractivity contribution in [2.75, 3.05) is 5.32 Å². The lowest BCUT2D eigenvalue weighted by atomic mass is 10.1. The topological polar surface area (TPSA) is 73.0 Å². The van der Waals surface area contributed by atoms with Gasteiger partial charge in [-0.2, -0.15) is 0 Å². The van der Waals surface area contributed by atoms with Gasteiger partial charge in [-0.05, 0) is 57.9 Å². The van der Waals surface area contributed by atoms with E-state index in [4.69, 9.17) is 4.42 Å². The highest BCUT2D eigenvalue weighted by Gasteiger charge is 2.22. The van der Waals surface area contributed by atoms with Crippen LogP contribution in [-0.2, 0) is 11.3 Å². The fourth-order valence-electron chi connectivity index (χ4n) is 3.06. The Balaban J connectivity index is 1.76. The highest BCUT2D eigenvalue weighted by Crippen LogP contribution is 2.28. The van der Waals surface area contributed by atoms with Gasteiger partial charge in [0.1, 0.15) is 0 Å². The van der Waals surface area contributed by atoms with Crippen LogP contribution in [-0.4, -0.2) is 25.9 Å². The molecule has 0 saturated heterocycles. The predicted octanol–water partition coefficient (Wildman–Crippen LogP) is 4.60. The number of hydrogen-bond acceptors (Lipinski definition) is 5. The van der Waals surface area contributed by atoms with Gasteiger partial charge in [-0.25, -0.2) is 0 Å². The van der Waals surface area contributed by atoms with Gasteiger partial charge in [0, 0.05) is 12.2 Å². The second kappa shape index (κ2) is 8.00. The minimum Gasteiger partial charge on any atom is -0.461 e. The maximum absolute atomic E-state index is 12.7. The number of aromatic nitrogens is 3. The molecule has 1 atom stereocenters. The highest BCUT2D eigenvalue weighted by molar-refractivity contribution is 8.00. The van der Waals surface area contributed by atoms with Gasteiger partial charge >= 0.3 is 0 Å². The third-order valence-corrected chi connectivity index (χ3v) is 5.43. The summed E-state index contributed by atoms with van der Waals surface area (Å²) in [6, 6.07) is 7.82. The Morgan fingerprint density at radius 3 is 2.56 bits per heavy atom. The van der Waals surface area contributed by atoms with Gasteiger partial charge in [-0.1, -0.05) is 29.5 Å². The van der Waals surface area contributed by atoms with Gasteiger partial charge in [0.2, 0.25) is 5.91 Å². The number of carbonyl (C=O) groups is 1. The SMILES string of the molecule is CCn1c(SC(C)C(=O)Nc2c(C)cc(C)cc2C)nnc1-c1ccco1. The minimum absolute atomic E-state index is 0.0553. The quantitative estimate of drug-likeness (QED) is 0.629. The van der Waals surface area contributed by atoms with Crippen LogP contribution in [0.1, 0.15) is 30.5 Å². The molecule has 1 aromatic carbocycles. The number of nitrogens with one attached hydrogen (secondary N) is 1. The van der Waals surface area contributed by atoms with E-state index < -0.39 is 0 Å². The molecule has 0 aliphatic rings. The maximum Gasteiger partial charge on any atom is 0.237 e. The van der Waals surface area contributed by atoms with E-state index in [0.717, 1.165) is 16.8 Å². The molecule has 3 rings (SSSR count). The van der Waals surface area contributed by atoms with Gasteiger partial charge in [-0.15, -0.1) is 10.2 Å². The Morgan fingerprint density at radius 1 is 1.26 bits per heavy atom. The van der Waals surface area contributed by atoms with Crippen LogP contribution in [0.3, 0.4) is 0 Å². The number of benzene rings is 1. The van der Waals surface area contributed by atoms with Crippen molar-refractivity contribution in [3.8, 4) is 11.6 Å². The summed E-state index contributed by atoms with van der Waals surface area (Å²) in [5, 5.41) is 11.9. The van der Waals surface area contributed by atoms with Crippen LogP contribution in [0.2, 0.25) is 0 Å². The second-order valence-electron chi connectivity index (χ2n) is 6.55. The minimum atomic E-state index is -0.316. The summed E-state index contributed by atoms with van der Waals surface area (Å²) in [6.07, 6.45) is 1.61. The van der Waals surface area contributed by atoms with Crippen molar-refractivity contribution in [3.63, 3.8) is 0 Å². The normalized spacial score (nSPS) is 12.2. The van der Waals surface area contributed by atoms with Crippen LogP contribution >= 0.6 is 11.8 Å². The van der Waals surface area contributed by atoms with E-state index in [9.17, 15) is 4.79 Å². The molecular weight excluding hydrogens is 360 g/mol. The number of aryl methyl sites for hydroxylation is 3. The molecule has 1 N–H and O–H groups in total. The van der Waals surface area contributed by atoms with Crippen molar-refractivity contribution < 1.29 is 9.21 Å². The molecule has 27 heavy (non-hydrogen) atoms. The Bertz CT molecular complexity index is 924.